The summed E-state index contributed by atoms with van der Waals surface area (Å²) in [6.07, 6.45) is 0.197. The van der Waals surface area contributed by atoms with E-state index in [-0.39, 0.29) is 25.2 Å². The van der Waals surface area contributed by atoms with Crippen molar-refractivity contribution in [3.8, 4) is 5.75 Å². The number of benzene rings is 1. The largest absolute Gasteiger partial charge is 0.490 e. The van der Waals surface area contributed by atoms with Gasteiger partial charge >= 0.3 is 5.97 Å². The number of halogens is 2. The van der Waals surface area contributed by atoms with Crippen LogP contribution in [0, 0.1) is 11.6 Å². The van der Waals surface area contributed by atoms with E-state index in [2.05, 4.69) is 0 Å². The molecule has 1 N–H and O–H groups in total. The summed E-state index contributed by atoms with van der Waals surface area (Å²) >= 11 is 0. The van der Waals surface area contributed by atoms with Crippen LogP contribution in [-0.2, 0) is 4.79 Å². The molecule has 15 heavy (non-hydrogen) atoms. The molecule has 1 aromatic rings. The molecule has 0 saturated carbocycles. The van der Waals surface area contributed by atoms with Crippen LogP contribution in [0.25, 0.3) is 0 Å². The average Bonchev–Trinajstić information content (AvgIpc) is 2.18. The summed E-state index contributed by atoms with van der Waals surface area (Å²) in [6.45, 7) is 0.0483. The van der Waals surface area contributed by atoms with E-state index in [4.69, 9.17) is 9.84 Å². The third-order valence-electron chi connectivity index (χ3n) is 1.71. The van der Waals surface area contributed by atoms with Gasteiger partial charge in [-0.1, -0.05) is 6.07 Å². The number of hydrogen-bond donors (Lipinski definition) is 1. The van der Waals surface area contributed by atoms with Crippen LogP contribution >= 0.6 is 0 Å². The van der Waals surface area contributed by atoms with Gasteiger partial charge in [-0.25, -0.2) is 4.39 Å². The Labute approximate surface area is 85.3 Å². The summed E-state index contributed by atoms with van der Waals surface area (Å²) in [5, 5.41) is 8.32. The van der Waals surface area contributed by atoms with Crippen molar-refractivity contribution in [2.75, 3.05) is 6.61 Å². The molecule has 0 fully saturated rings. The highest BCUT2D eigenvalue weighted by Gasteiger charge is 2.08. The summed E-state index contributed by atoms with van der Waals surface area (Å²) in [7, 11) is 0. The molecule has 0 saturated heterocycles. The fourth-order valence-electron chi connectivity index (χ4n) is 1.00. The summed E-state index contributed by atoms with van der Waals surface area (Å²) in [5.41, 5.74) is 0. The van der Waals surface area contributed by atoms with Crippen molar-refractivity contribution in [1.82, 2.24) is 0 Å². The zero-order valence-corrected chi connectivity index (χ0v) is 7.87. The van der Waals surface area contributed by atoms with Gasteiger partial charge in [0, 0.05) is 6.42 Å². The first-order chi connectivity index (χ1) is 7.11. The van der Waals surface area contributed by atoms with Crippen LogP contribution in [-0.4, -0.2) is 17.7 Å². The first kappa shape index (κ1) is 11.4. The van der Waals surface area contributed by atoms with E-state index in [0.29, 0.717) is 0 Å². The van der Waals surface area contributed by atoms with Gasteiger partial charge in [0.25, 0.3) is 0 Å². The first-order valence-electron chi connectivity index (χ1n) is 4.40. The van der Waals surface area contributed by atoms with E-state index in [0.717, 1.165) is 6.07 Å². The van der Waals surface area contributed by atoms with Crippen LogP contribution in [0.15, 0.2) is 18.2 Å². The highest BCUT2D eigenvalue weighted by atomic mass is 19.2. The van der Waals surface area contributed by atoms with Crippen LogP contribution in [0.5, 0.6) is 5.75 Å². The second-order valence-corrected chi connectivity index (χ2v) is 2.90. The zero-order chi connectivity index (χ0) is 11.3. The topological polar surface area (TPSA) is 46.5 Å². The molecule has 0 unspecified atom stereocenters. The van der Waals surface area contributed by atoms with E-state index in [9.17, 15) is 13.6 Å². The third-order valence-corrected chi connectivity index (χ3v) is 1.71. The maximum atomic E-state index is 13.0. The molecule has 0 spiro atoms. The molecule has 0 aromatic heterocycles. The smallest absolute Gasteiger partial charge is 0.303 e. The van der Waals surface area contributed by atoms with Crippen molar-refractivity contribution < 1.29 is 23.4 Å². The van der Waals surface area contributed by atoms with Crippen molar-refractivity contribution in [3.05, 3.63) is 29.8 Å². The molecule has 0 amide bonds. The van der Waals surface area contributed by atoms with Gasteiger partial charge in [-0.3, -0.25) is 4.79 Å². The van der Waals surface area contributed by atoms with Crippen LogP contribution < -0.4 is 4.74 Å². The Balaban J connectivity index is 2.44. The molecular formula is C10H10F2O3. The summed E-state index contributed by atoms with van der Waals surface area (Å²) in [4.78, 5) is 10.1. The number of hydrogen-bond acceptors (Lipinski definition) is 2. The minimum Gasteiger partial charge on any atom is -0.490 e. The van der Waals surface area contributed by atoms with Crippen LogP contribution in [0.4, 0.5) is 8.78 Å². The van der Waals surface area contributed by atoms with Gasteiger partial charge in [0.2, 0.25) is 5.82 Å². The molecular weight excluding hydrogens is 206 g/mol. The summed E-state index contributed by atoms with van der Waals surface area (Å²) in [5.74, 6) is -3.17. The lowest BCUT2D eigenvalue weighted by molar-refractivity contribution is -0.137. The number of carboxylic acid groups (broad SMARTS) is 1. The summed E-state index contributed by atoms with van der Waals surface area (Å²) in [6, 6.07) is 3.60. The van der Waals surface area contributed by atoms with Crippen molar-refractivity contribution in [2.45, 2.75) is 12.8 Å². The monoisotopic (exact) mass is 216 g/mol. The molecule has 5 heteroatoms. The second kappa shape index (κ2) is 5.29. The van der Waals surface area contributed by atoms with Crippen molar-refractivity contribution in [2.24, 2.45) is 0 Å². The van der Waals surface area contributed by atoms with Crippen LogP contribution in [0.2, 0.25) is 0 Å². The molecule has 3 nitrogen and oxygen atoms in total. The fraction of sp³-hybridized carbons (Fsp3) is 0.300. The number of carbonyl (C=O) groups is 1. The minimum atomic E-state index is -1.05. The predicted molar refractivity (Wildman–Crippen MR) is 48.7 cm³/mol. The maximum absolute atomic E-state index is 13.0. The molecule has 0 aliphatic rings. The lowest BCUT2D eigenvalue weighted by atomic mass is 10.3. The Morgan fingerprint density at radius 2 is 2.13 bits per heavy atom. The van der Waals surface area contributed by atoms with E-state index in [1.165, 1.54) is 12.1 Å². The average molecular weight is 216 g/mol. The van der Waals surface area contributed by atoms with E-state index in [1.807, 2.05) is 0 Å². The zero-order valence-electron chi connectivity index (χ0n) is 7.87. The Morgan fingerprint density at radius 3 is 2.80 bits per heavy atom. The number of rotatable bonds is 5. The molecule has 1 rings (SSSR count). The Morgan fingerprint density at radius 1 is 1.40 bits per heavy atom. The van der Waals surface area contributed by atoms with E-state index >= 15 is 0 Å². The Kier molecular flexibility index (Phi) is 4.03. The van der Waals surface area contributed by atoms with Crippen molar-refractivity contribution in [1.29, 1.82) is 0 Å². The maximum Gasteiger partial charge on any atom is 0.303 e. The lowest BCUT2D eigenvalue weighted by Crippen LogP contribution is -2.03. The summed E-state index contributed by atoms with van der Waals surface area (Å²) < 4.78 is 30.5. The minimum absolute atomic E-state index is 0.0483. The van der Waals surface area contributed by atoms with E-state index < -0.39 is 17.6 Å². The molecule has 0 atom stereocenters. The highest BCUT2D eigenvalue weighted by molar-refractivity contribution is 5.66. The molecule has 0 aliphatic carbocycles. The molecule has 0 bridgehead atoms. The van der Waals surface area contributed by atoms with Gasteiger partial charge in [0.1, 0.15) is 0 Å². The molecule has 0 heterocycles. The first-order valence-corrected chi connectivity index (χ1v) is 4.40. The molecule has 82 valence electrons. The SMILES string of the molecule is O=C(O)CCCOc1cccc(F)c1F. The van der Waals surface area contributed by atoms with Crippen molar-refractivity contribution >= 4 is 5.97 Å². The van der Waals surface area contributed by atoms with Crippen LogP contribution in [0.3, 0.4) is 0 Å². The van der Waals surface area contributed by atoms with E-state index in [1.54, 1.807) is 0 Å². The number of aliphatic carboxylic acids is 1. The van der Waals surface area contributed by atoms with Gasteiger partial charge in [-0.05, 0) is 18.6 Å². The van der Waals surface area contributed by atoms with Crippen LogP contribution in [0.1, 0.15) is 12.8 Å². The Bertz CT molecular complexity index is 353. The van der Waals surface area contributed by atoms with Gasteiger partial charge in [0.15, 0.2) is 11.6 Å². The normalized spacial score (nSPS) is 10.0. The number of carboxylic acids is 1. The molecule has 0 radical (unpaired) electrons. The predicted octanol–water partition coefficient (Wildman–Crippen LogP) is 2.21. The number of ether oxygens (including phenoxy) is 1. The standard InChI is InChI=1S/C10H10F2O3/c11-7-3-1-4-8(10(7)12)15-6-2-5-9(13)14/h1,3-4H,2,5-6H2,(H,13,14). The quantitative estimate of drug-likeness (QED) is 0.767. The Hall–Kier alpha value is -1.65. The molecule has 0 aliphatic heterocycles. The molecule has 1 aromatic carbocycles. The fourth-order valence-corrected chi connectivity index (χ4v) is 1.00. The van der Waals surface area contributed by atoms with Gasteiger partial charge in [-0.2, -0.15) is 4.39 Å². The second-order valence-electron chi connectivity index (χ2n) is 2.90. The highest BCUT2D eigenvalue weighted by Crippen LogP contribution is 2.19. The third kappa shape index (κ3) is 3.53. The van der Waals surface area contributed by atoms with Gasteiger partial charge < -0.3 is 9.84 Å². The van der Waals surface area contributed by atoms with Gasteiger partial charge in [0.05, 0.1) is 6.61 Å². The van der Waals surface area contributed by atoms with Gasteiger partial charge in [-0.15, -0.1) is 0 Å². The van der Waals surface area contributed by atoms with Crippen molar-refractivity contribution in [3.63, 3.8) is 0 Å². The lowest BCUT2D eigenvalue weighted by Gasteiger charge is -2.06.